The summed E-state index contributed by atoms with van der Waals surface area (Å²) in [6.07, 6.45) is 3.86. The van der Waals surface area contributed by atoms with Crippen molar-refractivity contribution in [3.8, 4) is 0 Å². The van der Waals surface area contributed by atoms with Crippen molar-refractivity contribution in [2.75, 3.05) is 13.1 Å². The minimum atomic E-state index is -3.46. The first-order valence-electron chi connectivity index (χ1n) is 10.9. The number of sulfonamides is 1. The topological polar surface area (TPSA) is 57.7 Å². The third-order valence-corrected chi connectivity index (χ3v) is 7.96. The number of carbonyl (C=O) groups excluding carboxylic acids is 1. The zero-order valence-corrected chi connectivity index (χ0v) is 18.6. The van der Waals surface area contributed by atoms with Crippen molar-refractivity contribution < 1.29 is 13.2 Å². The summed E-state index contributed by atoms with van der Waals surface area (Å²) < 4.78 is 27.0. The molecule has 0 N–H and O–H groups in total. The summed E-state index contributed by atoms with van der Waals surface area (Å²) in [5.74, 6) is 0.450. The van der Waals surface area contributed by atoms with Crippen LogP contribution in [0, 0.1) is 0 Å². The molecule has 0 bridgehead atoms. The molecule has 2 aromatic rings. The lowest BCUT2D eigenvalue weighted by Gasteiger charge is -2.23. The van der Waals surface area contributed by atoms with Gasteiger partial charge < -0.3 is 4.90 Å². The van der Waals surface area contributed by atoms with Crippen LogP contribution < -0.4 is 0 Å². The van der Waals surface area contributed by atoms with Gasteiger partial charge in [0.1, 0.15) is 0 Å². The Hall–Kier alpha value is -2.18. The van der Waals surface area contributed by atoms with Crippen molar-refractivity contribution in [3.05, 3.63) is 65.2 Å². The van der Waals surface area contributed by atoms with E-state index in [9.17, 15) is 13.2 Å². The molecule has 2 fully saturated rings. The van der Waals surface area contributed by atoms with E-state index in [-0.39, 0.29) is 16.8 Å². The maximum Gasteiger partial charge on any atom is 0.254 e. The second-order valence-corrected chi connectivity index (χ2v) is 10.6. The van der Waals surface area contributed by atoms with Crippen molar-refractivity contribution in [2.45, 2.75) is 62.9 Å². The highest BCUT2D eigenvalue weighted by atomic mass is 32.2. The molecule has 1 heterocycles. The Labute approximate surface area is 179 Å². The quantitative estimate of drug-likeness (QED) is 0.659. The first-order chi connectivity index (χ1) is 14.4. The van der Waals surface area contributed by atoms with E-state index in [2.05, 4.69) is 38.1 Å². The zero-order valence-electron chi connectivity index (χ0n) is 17.8. The number of nitrogens with zero attached hydrogens (tertiary/aromatic N) is 2. The normalized spacial score (nSPS) is 17.4. The number of amides is 1. The molecule has 1 amide bonds. The molecular formula is C24H30N2O3S. The minimum Gasteiger partial charge on any atom is -0.331 e. The summed E-state index contributed by atoms with van der Waals surface area (Å²) >= 11 is 0. The maximum absolute atomic E-state index is 13.2. The third kappa shape index (κ3) is 4.44. The van der Waals surface area contributed by atoms with E-state index in [4.69, 9.17) is 0 Å². The number of carbonyl (C=O) groups is 1. The van der Waals surface area contributed by atoms with Crippen molar-refractivity contribution in [1.82, 2.24) is 9.21 Å². The molecule has 6 heteroatoms. The van der Waals surface area contributed by atoms with Gasteiger partial charge in [-0.1, -0.05) is 38.1 Å². The van der Waals surface area contributed by atoms with Crippen LogP contribution in [0.2, 0.25) is 0 Å². The van der Waals surface area contributed by atoms with Gasteiger partial charge >= 0.3 is 0 Å². The molecular weight excluding hydrogens is 396 g/mol. The van der Waals surface area contributed by atoms with E-state index in [0.717, 1.165) is 31.2 Å². The van der Waals surface area contributed by atoms with Crippen LogP contribution in [0.3, 0.4) is 0 Å². The number of hydrogen-bond donors (Lipinski definition) is 0. The van der Waals surface area contributed by atoms with Gasteiger partial charge in [0.15, 0.2) is 0 Å². The molecule has 0 spiro atoms. The van der Waals surface area contributed by atoms with Crippen LogP contribution in [0.1, 0.15) is 66.9 Å². The molecule has 1 aliphatic heterocycles. The third-order valence-electron chi connectivity index (χ3n) is 6.05. The van der Waals surface area contributed by atoms with E-state index in [1.54, 1.807) is 24.3 Å². The van der Waals surface area contributed by atoms with Crippen LogP contribution in [-0.4, -0.2) is 42.7 Å². The Morgan fingerprint density at radius 1 is 1.00 bits per heavy atom. The van der Waals surface area contributed by atoms with Gasteiger partial charge in [-0.15, -0.1) is 0 Å². The number of hydrogen-bond acceptors (Lipinski definition) is 3. The van der Waals surface area contributed by atoms with E-state index >= 15 is 0 Å². The Morgan fingerprint density at radius 3 is 2.13 bits per heavy atom. The van der Waals surface area contributed by atoms with Gasteiger partial charge in [0, 0.05) is 31.2 Å². The molecule has 2 aliphatic rings. The Kier molecular flexibility index (Phi) is 5.98. The van der Waals surface area contributed by atoms with Crippen molar-refractivity contribution >= 4 is 15.9 Å². The molecule has 0 radical (unpaired) electrons. The molecule has 5 nitrogen and oxygen atoms in total. The van der Waals surface area contributed by atoms with Gasteiger partial charge in [-0.3, -0.25) is 4.79 Å². The summed E-state index contributed by atoms with van der Waals surface area (Å²) in [7, 11) is -3.46. The Balaban J connectivity index is 1.50. The van der Waals surface area contributed by atoms with Gasteiger partial charge in [0.25, 0.3) is 5.91 Å². The van der Waals surface area contributed by atoms with Gasteiger partial charge in [0.2, 0.25) is 10.0 Å². The summed E-state index contributed by atoms with van der Waals surface area (Å²) in [5, 5.41) is 0. The number of benzene rings is 2. The van der Waals surface area contributed by atoms with Gasteiger partial charge in [0.05, 0.1) is 4.90 Å². The summed E-state index contributed by atoms with van der Waals surface area (Å²) in [6, 6.07) is 15.2. The summed E-state index contributed by atoms with van der Waals surface area (Å²) in [4.78, 5) is 15.4. The van der Waals surface area contributed by atoms with Crippen LogP contribution in [0.25, 0.3) is 0 Å². The minimum absolute atomic E-state index is 0.0319. The van der Waals surface area contributed by atoms with Crippen LogP contribution >= 0.6 is 0 Å². The standard InChI is InChI=1S/C24H30N2O3S/c1-18(2)20-7-5-19(6-8-20)17-26(22-11-12-22)24(27)21-9-13-23(14-10-21)30(28,29)25-15-3-4-16-25/h5-10,13-14,18,22H,3-4,11-12,15-17H2,1-2H3. The molecule has 1 saturated carbocycles. The predicted octanol–water partition coefficient (Wildman–Crippen LogP) is 4.40. The molecule has 160 valence electrons. The van der Waals surface area contributed by atoms with E-state index in [1.165, 1.54) is 9.87 Å². The zero-order chi connectivity index (χ0) is 21.3. The van der Waals surface area contributed by atoms with E-state index in [1.807, 2.05) is 4.90 Å². The second kappa shape index (κ2) is 8.52. The lowest BCUT2D eigenvalue weighted by atomic mass is 10.0. The summed E-state index contributed by atoms with van der Waals surface area (Å²) in [5.41, 5.74) is 2.95. The molecule has 1 saturated heterocycles. The van der Waals surface area contributed by atoms with E-state index < -0.39 is 10.0 Å². The number of rotatable bonds is 7. The van der Waals surface area contributed by atoms with Crippen molar-refractivity contribution in [2.24, 2.45) is 0 Å². The van der Waals surface area contributed by atoms with Crippen LogP contribution in [0.4, 0.5) is 0 Å². The Bertz CT molecular complexity index is 988. The smallest absolute Gasteiger partial charge is 0.254 e. The van der Waals surface area contributed by atoms with E-state index in [0.29, 0.717) is 31.1 Å². The molecule has 2 aromatic carbocycles. The first-order valence-corrected chi connectivity index (χ1v) is 12.3. The molecule has 30 heavy (non-hydrogen) atoms. The highest BCUT2D eigenvalue weighted by molar-refractivity contribution is 7.89. The van der Waals surface area contributed by atoms with Gasteiger partial charge in [-0.05, 0) is 67.0 Å². The fourth-order valence-electron chi connectivity index (χ4n) is 3.97. The lowest BCUT2D eigenvalue weighted by molar-refractivity contribution is 0.0730. The molecule has 4 rings (SSSR count). The highest BCUT2D eigenvalue weighted by Gasteiger charge is 2.33. The molecule has 0 unspecified atom stereocenters. The van der Waals surface area contributed by atoms with Crippen molar-refractivity contribution in [3.63, 3.8) is 0 Å². The van der Waals surface area contributed by atoms with Crippen LogP contribution in [0.15, 0.2) is 53.4 Å². The van der Waals surface area contributed by atoms with Gasteiger partial charge in [-0.2, -0.15) is 4.31 Å². The average molecular weight is 427 g/mol. The predicted molar refractivity (Wildman–Crippen MR) is 118 cm³/mol. The first kappa shape index (κ1) is 21.1. The molecule has 0 atom stereocenters. The lowest BCUT2D eigenvalue weighted by Crippen LogP contribution is -2.32. The van der Waals surface area contributed by atoms with Crippen LogP contribution in [0.5, 0.6) is 0 Å². The molecule has 1 aliphatic carbocycles. The second-order valence-electron chi connectivity index (χ2n) is 8.70. The Morgan fingerprint density at radius 2 is 1.60 bits per heavy atom. The monoisotopic (exact) mass is 426 g/mol. The largest absolute Gasteiger partial charge is 0.331 e. The van der Waals surface area contributed by atoms with Gasteiger partial charge in [-0.25, -0.2) is 8.42 Å². The average Bonchev–Trinajstić information content (AvgIpc) is 3.43. The molecule has 0 aromatic heterocycles. The van der Waals surface area contributed by atoms with Crippen molar-refractivity contribution in [1.29, 1.82) is 0 Å². The summed E-state index contributed by atoms with van der Waals surface area (Å²) in [6.45, 7) is 6.07. The fraction of sp³-hybridized carbons (Fsp3) is 0.458. The van der Waals surface area contributed by atoms with Crippen LogP contribution in [-0.2, 0) is 16.6 Å². The fourth-order valence-corrected chi connectivity index (χ4v) is 5.49. The SMILES string of the molecule is CC(C)c1ccc(CN(C(=O)c2ccc(S(=O)(=O)N3CCCC3)cc2)C2CC2)cc1. The maximum atomic E-state index is 13.2. The highest BCUT2D eigenvalue weighted by Crippen LogP contribution is 2.30.